The maximum absolute atomic E-state index is 12.5. The summed E-state index contributed by atoms with van der Waals surface area (Å²) in [5.74, 6) is 0. The number of rotatable bonds is 2. The van der Waals surface area contributed by atoms with Gasteiger partial charge in [-0.25, -0.2) is 8.42 Å². The number of thiophene rings is 1. The quantitative estimate of drug-likeness (QED) is 0.811. The van der Waals surface area contributed by atoms with Crippen molar-refractivity contribution in [3.8, 4) is 6.07 Å². The summed E-state index contributed by atoms with van der Waals surface area (Å²) in [7, 11) is -3.41. The molecule has 1 fully saturated rings. The second-order valence-electron chi connectivity index (χ2n) is 5.10. The Morgan fingerprint density at radius 2 is 2.05 bits per heavy atom. The summed E-state index contributed by atoms with van der Waals surface area (Å²) in [5, 5.41) is 9.07. The van der Waals surface area contributed by atoms with Crippen LogP contribution >= 0.6 is 27.3 Å². The summed E-state index contributed by atoms with van der Waals surface area (Å²) in [4.78, 5) is 0. The minimum absolute atomic E-state index is 0.373. The molecule has 1 aromatic rings. The highest BCUT2D eigenvalue weighted by atomic mass is 79.9. The van der Waals surface area contributed by atoms with Gasteiger partial charge in [0.25, 0.3) is 10.0 Å². The Balaban J connectivity index is 2.21. The minimum atomic E-state index is -3.41. The first-order valence-corrected chi connectivity index (χ1v) is 9.01. The Morgan fingerprint density at radius 1 is 1.47 bits per heavy atom. The molecule has 1 aromatic heterocycles. The molecule has 0 radical (unpaired) electrons. The normalized spacial score (nSPS) is 20.1. The molecule has 0 atom stereocenters. The fourth-order valence-corrected chi connectivity index (χ4v) is 5.84. The lowest BCUT2D eigenvalue weighted by atomic mass is 9.83. The summed E-state index contributed by atoms with van der Waals surface area (Å²) < 4.78 is 27.7. The Labute approximate surface area is 126 Å². The van der Waals surface area contributed by atoms with E-state index in [1.165, 1.54) is 15.6 Å². The van der Waals surface area contributed by atoms with Crippen molar-refractivity contribution in [1.29, 1.82) is 5.26 Å². The van der Waals surface area contributed by atoms with Gasteiger partial charge in [-0.15, -0.1) is 11.3 Å². The van der Waals surface area contributed by atoms with Crippen molar-refractivity contribution in [2.75, 3.05) is 13.1 Å². The monoisotopic (exact) mass is 362 g/mol. The number of sulfonamides is 1. The first kappa shape index (κ1) is 15.0. The highest BCUT2D eigenvalue weighted by molar-refractivity contribution is 9.11. The van der Waals surface area contributed by atoms with Gasteiger partial charge in [-0.1, -0.05) is 0 Å². The second kappa shape index (κ2) is 5.17. The van der Waals surface area contributed by atoms with Gasteiger partial charge in [0.2, 0.25) is 0 Å². The smallest absolute Gasteiger partial charge is 0.206 e. The summed E-state index contributed by atoms with van der Waals surface area (Å²) in [6.07, 6.45) is 1.18. The van der Waals surface area contributed by atoms with Crippen molar-refractivity contribution in [2.24, 2.45) is 5.41 Å². The number of nitriles is 1. The van der Waals surface area contributed by atoms with Crippen LogP contribution in [-0.4, -0.2) is 25.8 Å². The second-order valence-corrected chi connectivity index (χ2v) is 9.63. The lowest BCUT2D eigenvalue weighted by molar-refractivity contribution is 0.232. The van der Waals surface area contributed by atoms with E-state index in [0.717, 1.165) is 9.35 Å². The molecule has 19 heavy (non-hydrogen) atoms. The predicted molar refractivity (Wildman–Crippen MR) is 78.5 cm³/mol. The van der Waals surface area contributed by atoms with Crippen LogP contribution in [0.25, 0.3) is 0 Å². The van der Waals surface area contributed by atoms with E-state index in [0.29, 0.717) is 30.1 Å². The fourth-order valence-electron chi connectivity index (χ4n) is 2.02. The zero-order valence-electron chi connectivity index (χ0n) is 10.8. The van der Waals surface area contributed by atoms with Crippen LogP contribution in [0.15, 0.2) is 14.1 Å². The standard InChI is InChI=1S/C12H15BrN2O2S2/c1-9-7-10(18-11(9)13)19(16,17)15-5-3-12(2,8-14)4-6-15/h7H,3-6H2,1-2H3. The molecule has 1 saturated heterocycles. The number of piperidine rings is 1. The molecule has 0 unspecified atom stereocenters. The number of hydrogen-bond donors (Lipinski definition) is 0. The van der Waals surface area contributed by atoms with Crippen molar-refractivity contribution in [3.63, 3.8) is 0 Å². The van der Waals surface area contributed by atoms with Crippen LogP contribution < -0.4 is 0 Å². The van der Waals surface area contributed by atoms with E-state index in [2.05, 4.69) is 22.0 Å². The molecule has 0 aromatic carbocycles. The van der Waals surface area contributed by atoms with E-state index in [4.69, 9.17) is 5.26 Å². The van der Waals surface area contributed by atoms with E-state index in [1.807, 2.05) is 13.8 Å². The van der Waals surface area contributed by atoms with Gasteiger partial charge in [-0.3, -0.25) is 0 Å². The zero-order chi connectivity index (χ0) is 14.3. The van der Waals surface area contributed by atoms with Crippen LogP contribution in [0.2, 0.25) is 0 Å². The summed E-state index contributed by atoms with van der Waals surface area (Å²) in [5.41, 5.74) is 0.542. The van der Waals surface area contributed by atoms with Crippen molar-refractivity contribution < 1.29 is 8.42 Å². The van der Waals surface area contributed by atoms with E-state index in [-0.39, 0.29) is 0 Å². The lowest BCUT2D eigenvalue weighted by Crippen LogP contribution is -2.41. The summed E-state index contributed by atoms with van der Waals surface area (Å²) in [6.45, 7) is 4.60. The Bertz CT molecular complexity index is 603. The molecule has 0 saturated carbocycles. The van der Waals surface area contributed by atoms with Gasteiger partial charge in [0.15, 0.2) is 0 Å². The fraction of sp³-hybridized carbons (Fsp3) is 0.583. The molecule has 0 bridgehead atoms. The van der Waals surface area contributed by atoms with E-state index in [1.54, 1.807) is 6.07 Å². The molecule has 1 aliphatic rings. The van der Waals surface area contributed by atoms with Crippen LogP contribution in [0.3, 0.4) is 0 Å². The van der Waals surface area contributed by atoms with Gasteiger partial charge in [0.05, 0.1) is 15.3 Å². The number of nitrogens with zero attached hydrogens (tertiary/aromatic N) is 2. The van der Waals surface area contributed by atoms with Gasteiger partial charge in [-0.2, -0.15) is 9.57 Å². The van der Waals surface area contributed by atoms with Gasteiger partial charge < -0.3 is 0 Å². The molecule has 104 valence electrons. The number of aryl methyl sites for hydroxylation is 1. The van der Waals surface area contributed by atoms with Crippen LogP contribution in [0, 0.1) is 23.7 Å². The van der Waals surface area contributed by atoms with Crippen molar-refractivity contribution in [2.45, 2.75) is 30.9 Å². The predicted octanol–water partition coefficient (Wildman–Crippen LogP) is 3.13. The largest absolute Gasteiger partial charge is 0.252 e. The molecular formula is C12H15BrN2O2S2. The van der Waals surface area contributed by atoms with Gasteiger partial charge in [-0.05, 0) is 54.2 Å². The molecule has 4 nitrogen and oxygen atoms in total. The zero-order valence-corrected chi connectivity index (χ0v) is 14.0. The van der Waals surface area contributed by atoms with E-state index >= 15 is 0 Å². The maximum Gasteiger partial charge on any atom is 0.252 e. The van der Waals surface area contributed by atoms with Gasteiger partial charge in [0.1, 0.15) is 4.21 Å². The SMILES string of the molecule is Cc1cc(S(=O)(=O)N2CCC(C)(C#N)CC2)sc1Br. The Hall–Kier alpha value is -0.420. The van der Waals surface area contributed by atoms with Crippen LogP contribution in [0.5, 0.6) is 0 Å². The van der Waals surface area contributed by atoms with Crippen LogP contribution in [0.4, 0.5) is 0 Å². The maximum atomic E-state index is 12.5. The van der Waals surface area contributed by atoms with Crippen molar-refractivity contribution >= 4 is 37.3 Å². The van der Waals surface area contributed by atoms with E-state index < -0.39 is 15.4 Å². The molecule has 2 rings (SSSR count). The lowest BCUT2D eigenvalue weighted by Gasteiger charge is -2.33. The average Bonchev–Trinajstić information content (AvgIpc) is 2.71. The molecule has 0 spiro atoms. The molecular weight excluding hydrogens is 348 g/mol. The van der Waals surface area contributed by atoms with E-state index in [9.17, 15) is 8.42 Å². The molecule has 2 heterocycles. The highest BCUT2D eigenvalue weighted by Crippen LogP contribution is 2.36. The van der Waals surface area contributed by atoms with Crippen LogP contribution in [0.1, 0.15) is 25.3 Å². The Kier molecular flexibility index (Phi) is 4.07. The number of hydrogen-bond acceptors (Lipinski definition) is 4. The topological polar surface area (TPSA) is 61.2 Å². The molecule has 0 amide bonds. The van der Waals surface area contributed by atoms with Crippen LogP contribution in [-0.2, 0) is 10.0 Å². The summed E-state index contributed by atoms with van der Waals surface area (Å²) >= 11 is 4.60. The molecule has 0 N–H and O–H groups in total. The third-order valence-electron chi connectivity index (χ3n) is 3.52. The minimum Gasteiger partial charge on any atom is -0.206 e. The van der Waals surface area contributed by atoms with Gasteiger partial charge in [0, 0.05) is 13.1 Å². The Morgan fingerprint density at radius 3 is 2.47 bits per heavy atom. The molecule has 0 aliphatic carbocycles. The van der Waals surface area contributed by atoms with Crippen molar-refractivity contribution in [1.82, 2.24) is 4.31 Å². The third kappa shape index (κ3) is 2.87. The van der Waals surface area contributed by atoms with Crippen molar-refractivity contribution in [3.05, 3.63) is 15.4 Å². The number of halogens is 1. The highest BCUT2D eigenvalue weighted by Gasteiger charge is 2.36. The third-order valence-corrected chi connectivity index (χ3v) is 8.01. The summed E-state index contributed by atoms with van der Waals surface area (Å²) in [6, 6.07) is 3.98. The van der Waals surface area contributed by atoms with Gasteiger partial charge >= 0.3 is 0 Å². The average molecular weight is 363 g/mol. The first-order valence-electron chi connectivity index (χ1n) is 5.96. The first-order chi connectivity index (χ1) is 8.78. The molecule has 1 aliphatic heterocycles. The molecule has 7 heteroatoms.